The third-order valence-electron chi connectivity index (χ3n) is 4.69. The summed E-state index contributed by atoms with van der Waals surface area (Å²) in [4.78, 5) is 19.1. The molecule has 5 heteroatoms. The number of aromatic nitrogens is 1. The molecule has 0 saturated carbocycles. The molecule has 0 N–H and O–H groups in total. The van der Waals surface area contributed by atoms with Crippen LogP contribution in [-0.4, -0.2) is 17.4 Å². The fourth-order valence-corrected chi connectivity index (χ4v) is 3.36. The number of aryl methyl sites for hydroxylation is 2. The van der Waals surface area contributed by atoms with Crippen LogP contribution in [0.15, 0.2) is 52.9 Å². The van der Waals surface area contributed by atoms with E-state index in [0.29, 0.717) is 23.9 Å². The molecule has 4 rings (SSSR count). The van der Waals surface area contributed by atoms with E-state index in [9.17, 15) is 9.18 Å². The summed E-state index contributed by atoms with van der Waals surface area (Å²) >= 11 is 0. The Morgan fingerprint density at radius 1 is 1.23 bits per heavy atom. The van der Waals surface area contributed by atoms with Gasteiger partial charge in [-0.15, -0.1) is 0 Å². The van der Waals surface area contributed by atoms with Crippen LogP contribution in [0.2, 0.25) is 0 Å². The van der Waals surface area contributed by atoms with E-state index in [-0.39, 0.29) is 18.1 Å². The summed E-state index contributed by atoms with van der Waals surface area (Å²) in [5.74, 6) is 0.854. The number of nitrogens with zero attached hydrogens (tertiary/aromatic N) is 2. The van der Waals surface area contributed by atoms with Crippen molar-refractivity contribution in [2.45, 2.75) is 26.2 Å². The molecule has 0 aliphatic carbocycles. The van der Waals surface area contributed by atoms with Crippen LogP contribution in [0.25, 0.3) is 11.5 Å². The molecule has 0 fully saturated rings. The van der Waals surface area contributed by atoms with E-state index in [4.69, 9.17) is 4.42 Å². The highest BCUT2D eigenvalue weighted by atomic mass is 19.1. The van der Waals surface area contributed by atoms with Gasteiger partial charge in [-0.1, -0.05) is 18.2 Å². The molecule has 0 atom stereocenters. The molecule has 1 aliphatic rings. The molecule has 3 aromatic rings. The number of rotatable bonds is 3. The molecule has 0 unspecified atom stereocenters. The molecule has 2 heterocycles. The molecular formula is C21H19FN2O2. The zero-order chi connectivity index (χ0) is 18.1. The van der Waals surface area contributed by atoms with Crippen molar-refractivity contribution < 1.29 is 13.6 Å². The van der Waals surface area contributed by atoms with Crippen molar-refractivity contribution in [1.29, 1.82) is 0 Å². The molecule has 2 aromatic carbocycles. The normalized spacial score (nSPS) is 13.5. The first kappa shape index (κ1) is 16.5. The first-order valence-electron chi connectivity index (χ1n) is 8.72. The third-order valence-corrected chi connectivity index (χ3v) is 4.69. The molecule has 132 valence electrons. The van der Waals surface area contributed by atoms with E-state index in [0.717, 1.165) is 29.7 Å². The van der Waals surface area contributed by atoms with Crippen LogP contribution in [0.3, 0.4) is 0 Å². The van der Waals surface area contributed by atoms with Gasteiger partial charge in [-0.2, -0.15) is 0 Å². The number of halogens is 1. The molecule has 26 heavy (non-hydrogen) atoms. The van der Waals surface area contributed by atoms with Gasteiger partial charge in [-0.25, -0.2) is 9.37 Å². The van der Waals surface area contributed by atoms with Crippen molar-refractivity contribution in [3.8, 4) is 11.5 Å². The molecule has 1 aliphatic heterocycles. The van der Waals surface area contributed by atoms with Crippen molar-refractivity contribution in [2.24, 2.45) is 0 Å². The number of fused-ring (bicyclic) bond motifs is 1. The number of carbonyl (C=O) groups is 1. The minimum Gasteiger partial charge on any atom is -0.441 e. The quantitative estimate of drug-likeness (QED) is 0.707. The lowest BCUT2D eigenvalue weighted by atomic mass is 10.0. The highest BCUT2D eigenvalue weighted by Crippen LogP contribution is 2.29. The summed E-state index contributed by atoms with van der Waals surface area (Å²) in [5.41, 5.74) is 3.20. The van der Waals surface area contributed by atoms with Gasteiger partial charge in [-0.3, -0.25) is 4.79 Å². The van der Waals surface area contributed by atoms with E-state index < -0.39 is 0 Å². The van der Waals surface area contributed by atoms with Gasteiger partial charge in [0, 0.05) is 17.8 Å². The average Bonchev–Trinajstić information content (AvgIpc) is 3.02. The van der Waals surface area contributed by atoms with Crippen LogP contribution >= 0.6 is 0 Å². The molecule has 1 aromatic heterocycles. The Morgan fingerprint density at radius 3 is 2.85 bits per heavy atom. The highest BCUT2D eigenvalue weighted by molar-refractivity contribution is 5.95. The summed E-state index contributed by atoms with van der Waals surface area (Å²) in [6.45, 7) is 2.46. The summed E-state index contributed by atoms with van der Waals surface area (Å²) in [6.07, 6.45) is 1.78. The van der Waals surface area contributed by atoms with Gasteiger partial charge in [0.05, 0.1) is 12.1 Å². The number of amides is 1. The number of oxazole rings is 1. The van der Waals surface area contributed by atoms with Crippen molar-refractivity contribution in [1.82, 2.24) is 4.98 Å². The molecule has 4 nitrogen and oxygen atoms in total. The minimum absolute atomic E-state index is 0.0476. The summed E-state index contributed by atoms with van der Waals surface area (Å²) in [6, 6.07) is 14.2. The lowest BCUT2D eigenvalue weighted by Gasteiger charge is -2.29. The maximum absolute atomic E-state index is 13.5. The fourth-order valence-electron chi connectivity index (χ4n) is 3.36. The van der Waals surface area contributed by atoms with Crippen LogP contribution in [-0.2, 0) is 17.6 Å². The van der Waals surface area contributed by atoms with E-state index in [1.54, 1.807) is 11.0 Å². The second-order valence-electron chi connectivity index (χ2n) is 6.49. The molecule has 0 bridgehead atoms. The molecule has 1 amide bonds. The van der Waals surface area contributed by atoms with Gasteiger partial charge in [-0.05, 0) is 55.7 Å². The lowest BCUT2D eigenvalue weighted by Crippen LogP contribution is -2.36. The second kappa shape index (κ2) is 6.75. The number of anilines is 1. The number of hydrogen-bond donors (Lipinski definition) is 0. The fraction of sp³-hybridized carbons (Fsp3) is 0.238. The van der Waals surface area contributed by atoms with Crippen LogP contribution in [0.1, 0.15) is 23.4 Å². The Morgan fingerprint density at radius 2 is 2.04 bits per heavy atom. The molecule has 0 spiro atoms. The first-order chi connectivity index (χ1) is 12.6. The summed E-state index contributed by atoms with van der Waals surface area (Å²) < 4.78 is 19.2. The Kier molecular flexibility index (Phi) is 4.29. The monoisotopic (exact) mass is 350 g/mol. The Bertz CT molecular complexity index is 950. The van der Waals surface area contributed by atoms with Crippen LogP contribution in [0.5, 0.6) is 0 Å². The van der Waals surface area contributed by atoms with Crippen LogP contribution < -0.4 is 4.90 Å². The standard InChI is InChI=1S/C21H19FN2O2/c1-14-18(23-21(26-14)15-6-3-2-4-7-15)13-20(25)24-11-5-8-16-12-17(22)9-10-19(16)24/h2-4,6-7,9-10,12H,5,8,11,13H2,1H3. The van der Waals surface area contributed by atoms with Gasteiger partial charge in [0.25, 0.3) is 0 Å². The smallest absolute Gasteiger partial charge is 0.233 e. The first-order valence-corrected chi connectivity index (χ1v) is 8.72. The lowest BCUT2D eigenvalue weighted by molar-refractivity contribution is -0.118. The molecule has 0 saturated heterocycles. The van der Waals surface area contributed by atoms with Crippen molar-refractivity contribution >= 4 is 11.6 Å². The minimum atomic E-state index is -0.266. The van der Waals surface area contributed by atoms with E-state index in [1.165, 1.54) is 12.1 Å². The maximum atomic E-state index is 13.5. The summed E-state index contributed by atoms with van der Waals surface area (Å²) in [7, 11) is 0. The summed E-state index contributed by atoms with van der Waals surface area (Å²) in [5, 5.41) is 0. The largest absolute Gasteiger partial charge is 0.441 e. The zero-order valence-electron chi connectivity index (χ0n) is 14.5. The second-order valence-corrected chi connectivity index (χ2v) is 6.49. The number of hydrogen-bond acceptors (Lipinski definition) is 3. The topological polar surface area (TPSA) is 46.3 Å². The number of carbonyl (C=O) groups excluding carboxylic acids is 1. The zero-order valence-corrected chi connectivity index (χ0v) is 14.5. The van der Waals surface area contributed by atoms with Gasteiger partial charge < -0.3 is 9.32 Å². The highest BCUT2D eigenvalue weighted by Gasteiger charge is 2.25. The van der Waals surface area contributed by atoms with Crippen molar-refractivity contribution in [3.05, 3.63) is 71.4 Å². The van der Waals surface area contributed by atoms with E-state index >= 15 is 0 Å². The van der Waals surface area contributed by atoms with Gasteiger partial charge >= 0.3 is 0 Å². The predicted molar refractivity (Wildman–Crippen MR) is 97.5 cm³/mol. The van der Waals surface area contributed by atoms with Crippen molar-refractivity contribution in [2.75, 3.05) is 11.4 Å². The Hall–Kier alpha value is -2.95. The molecule has 0 radical (unpaired) electrons. The van der Waals surface area contributed by atoms with Crippen LogP contribution in [0, 0.1) is 12.7 Å². The van der Waals surface area contributed by atoms with Crippen molar-refractivity contribution in [3.63, 3.8) is 0 Å². The Balaban J connectivity index is 1.57. The average molecular weight is 350 g/mol. The van der Waals surface area contributed by atoms with Gasteiger partial charge in [0.1, 0.15) is 11.6 Å². The number of benzene rings is 2. The van der Waals surface area contributed by atoms with E-state index in [2.05, 4.69) is 4.98 Å². The maximum Gasteiger partial charge on any atom is 0.233 e. The van der Waals surface area contributed by atoms with E-state index in [1.807, 2.05) is 37.3 Å². The third kappa shape index (κ3) is 3.12. The van der Waals surface area contributed by atoms with Crippen LogP contribution in [0.4, 0.5) is 10.1 Å². The predicted octanol–water partition coefficient (Wildman–Crippen LogP) is 4.31. The van der Waals surface area contributed by atoms with Gasteiger partial charge in [0.15, 0.2) is 0 Å². The van der Waals surface area contributed by atoms with Gasteiger partial charge in [0.2, 0.25) is 11.8 Å². The Labute approximate surface area is 151 Å². The molecular weight excluding hydrogens is 331 g/mol. The SMILES string of the molecule is Cc1oc(-c2ccccc2)nc1CC(=O)N1CCCc2cc(F)ccc21.